The fourth-order valence-corrected chi connectivity index (χ4v) is 3.36. The molecule has 1 aromatic heterocycles. The molecular weight excluding hydrogens is 258 g/mol. The lowest BCUT2D eigenvalue weighted by Gasteiger charge is -2.15. The van der Waals surface area contributed by atoms with E-state index in [1.54, 1.807) is 0 Å². The van der Waals surface area contributed by atoms with Crippen LogP contribution in [0.25, 0.3) is 0 Å². The highest BCUT2D eigenvalue weighted by Gasteiger charge is 2.25. The Morgan fingerprint density at radius 2 is 1.81 bits per heavy atom. The fourth-order valence-electron chi connectivity index (χ4n) is 3.36. The third-order valence-corrected chi connectivity index (χ3v) is 4.60. The quantitative estimate of drug-likeness (QED) is 0.810. The third kappa shape index (κ3) is 4.50. The Bertz CT molecular complexity index is 445. The van der Waals surface area contributed by atoms with E-state index in [2.05, 4.69) is 39.9 Å². The molecule has 1 saturated carbocycles. The Hall–Kier alpha value is -0.960. The number of rotatable bonds is 6. The van der Waals surface area contributed by atoms with Gasteiger partial charge in [0.2, 0.25) is 0 Å². The molecule has 3 heteroatoms. The van der Waals surface area contributed by atoms with Gasteiger partial charge in [-0.15, -0.1) is 0 Å². The molecule has 0 bridgehead atoms. The molecule has 1 aliphatic carbocycles. The first-order chi connectivity index (χ1) is 9.97. The molecule has 1 N–H and O–H groups in total. The van der Waals surface area contributed by atoms with Crippen molar-refractivity contribution in [2.24, 2.45) is 11.8 Å². The van der Waals surface area contributed by atoms with Crippen LogP contribution in [0.3, 0.4) is 0 Å². The van der Waals surface area contributed by atoms with Crippen LogP contribution in [0.15, 0.2) is 0 Å². The van der Waals surface area contributed by atoms with E-state index in [9.17, 15) is 0 Å². The van der Waals surface area contributed by atoms with Crippen LogP contribution in [0.5, 0.6) is 0 Å². The lowest BCUT2D eigenvalue weighted by atomic mass is 10.0. The number of aromatic nitrogens is 2. The number of aryl methyl sites for hydroxylation is 2. The second-order valence-corrected chi connectivity index (χ2v) is 7.19. The summed E-state index contributed by atoms with van der Waals surface area (Å²) in [4.78, 5) is 9.65. The van der Waals surface area contributed by atoms with Crippen molar-refractivity contribution >= 4 is 0 Å². The van der Waals surface area contributed by atoms with Crippen molar-refractivity contribution in [1.82, 2.24) is 15.3 Å². The van der Waals surface area contributed by atoms with Gasteiger partial charge in [0.1, 0.15) is 5.82 Å². The summed E-state index contributed by atoms with van der Waals surface area (Å²) in [6.45, 7) is 13.2. The fraction of sp³-hybridized carbons (Fsp3) is 0.778. The Morgan fingerprint density at radius 1 is 1.14 bits per heavy atom. The Labute approximate surface area is 130 Å². The zero-order valence-corrected chi connectivity index (χ0v) is 14.4. The molecule has 0 spiro atoms. The van der Waals surface area contributed by atoms with Crippen molar-refractivity contribution in [3.05, 3.63) is 22.8 Å². The number of hydrogen-bond donors (Lipinski definition) is 1. The highest BCUT2D eigenvalue weighted by atomic mass is 14.9. The highest BCUT2D eigenvalue weighted by Crippen LogP contribution is 2.36. The molecule has 3 nitrogen and oxygen atoms in total. The molecule has 1 heterocycles. The molecule has 1 aromatic rings. The second kappa shape index (κ2) is 7.35. The maximum atomic E-state index is 4.83. The normalized spacial score (nSPS) is 22.2. The van der Waals surface area contributed by atoms with E-state index in [0.717, 1.165) is 31.3 Å². The average molecular weight is 289 g/mol. The minimum absolute atomic E-state index is 0.588. The highest BCUT2D eigenvalue weighted by molar-refractivity contribution is 5.25. The summed E-state index contributed by atoms with van der Waals surface area (Å²) in [5, 5.41) is 3.51. The zero-order valence-electron chi connectivity index (χ0n) is 14.4. The van der Waals surface area contributed by atoms with Gasteiger partial charge in [0, 0.05) is 17.3 Å². The van der Waals surface area contributed by atoms with Crippen LogP contribution < -0.4 is 5.32 Å². The van der Waals surface area contributed by atoms with Crippen molar-refractivity contribution < 1.29 is 0 Å². The zero-order chi connectivity index (χ0) is 15.4. The predicted molar refractivity (Wildman–Crippen MR) is 88.7 cm³/mol. The van der Waals surface area contributed by atoms with Gasteiger partial charge in [-0.1, -0.05) is 20.8 Å². The van der Waals surface area contributed by atoms with Gasteiger partial charge in [0.05, 0.1) is 0 Å². The van der Waals surface area contributed by atoms with Crippen LogP contribution in [0, 0.1) is 25.7 Å². The largest absolute Gasteiger partial charge is 0.316 e. The van der Waals surface area contributed by atoms with Crippen LogP contribution in [-0.2, 0) is 6.42 Å². The SMILES string of the molecule is Cc1nc(C2CCC(C)C2)nc(C)c1CCNCC(C)C. The standard InChI is InChI=1S/C18H31N3/c1-12(2)11-19-9-8-17-14(4)20-18(21-15(17)5)16-7-6-13(3)10-16/h12-13,16,19H,6-11H2,1-5H3. The van der Waals surface area contributed by atoms with Gasteiger partial charge in [-0.3, -0.25) is 0 Å². The summed E-state index contributed by atoms with van der Waals surface area (Å²) in [7, 11) is 0. The van der Waals surface area contributed by atoms with Crippen LogP contribution in [0.4, 0.5) is 0 Å². The summed E-state index contributed by atoms with van der Waals surface area (Å²) in [5.74, 6) is 3.22. The summed E-state index contributed by atoms with van der Waals surface area (Å²) in [6, 6.07) is 0. The second-order valence-electron chi connectivity index (χ2n) is 7.19. The molecule has 0 aliphatic heterocycles. The van der Waals surface area contributed by atoms with Crippen molar-refractivity contribution in [1.29, 1.82) is 0 Å². The van der Waals surface area contributed by atoms with E-state index >= 15 is 0 Å². The van der Waals surface area contributed by atoms with Gasteiger partial charge in [0.15, 0.2) is 0 Å². The van der Waals surface area contributed by atoms with Gasteiger partial charge in [0.25, 0.3) is 0 Å². The summed E-state index contributed by atoms with van der Waals surface area (Å²) in [6.07, 6.45) is 4.88. The molecule has 0 radical (unpaired) electrons. The molecule has 2 rings (SSSR count). The lowest BCUT2D eigenvalue weighted by Crippen LogP contribution is -2.23. The van der Waals surface area contributed by atoms with Crippen molar-refractivity contribution in [3.63, 3.8) is 0 Å². The molecule has 0 amide bonds. The van der Waals surface area contributed by atoms with Gasteiger partial charge in [-0.05, 0) is 70.0 Å². The molecule has 21 heavy (non-hydrogen) atoms. The molecule has 2 unspecified atom stereocenters. The summed E-state index contributed by atoms with van der Waals surface area (Å²) < 4.78 is 0. The van der Waals surface area contributed by atoms with Gasteiger partial charge in [-0.25, -0.2) is 9.97 Å². The number of nitrogens with zero attached hydrogens (tertiary/aromatic N) is 2. The summed E-state index contributed by atoms with van der Waals surface area (Å²) in [5.41, 5.74) is 3.70. The predicted octanol–water partition coefficient (Wildman–Crippen LogP) is 3.79. The van der Waals surface area contributed by atoms with Crippen LogP contribution in [0.2, 0.25) is 0 Å². The molecule has 0 aromatic carbocycles. The van der Waals surface area contributed by atoms with E-state index in [0.29, 0.717) is 11.8 Å². The Morgan fingerprint density at radius 3 is 2.33 bits per heavy atom. The van der Waals surface area contributed by atoms with Gasteiger partial charge >= 0.3 is 0 Å². The van der Waals surface area contributed by atoms with Crippen molar-refractivity contribution in [2.45, 2.75) is 66.2 Å². The van der Waals surface area contributed by atoms with Crippen LogP contribution in [0.1, 0.15) is 68.7 Å². The number of nitrogens with one attached hydrogen (secondary N) is 1. The summed E-state index contributed by atoms with van der Waals surface area (Å²) >= 11 is 0. The minimum Gasteiger partial charge on any atom is -0.316 e. The molecule has 118 valence electrons. The van der Waals surface area contributed by atoms with Crippen molar-refractivity contribution in [3.8, 4) is 0 Å². The number of hydrogen-bond acceptors (Lipinski definition) is 3. The van der Waals surface area contributed by atoms with E-state index in [1.807, 2.05) is 0 Å². The average Bonchev–Trinajstić information content (AvgIpc) is 2.83. The maximum absolute atomic E-state index is 4.83. The van der Waals surface area contributed by atoms with E-state index < -0.39 is 0 Å². The monoisotopic (exact) mass is 289 g/mol. The minimum atomic E-state index is 0.588. The van der Waals surface area contributed by atoms with Gasteiger partial charge < -0.3 is 5.32 Å². The molecule has 1 fully saturated rings. The first-order valence-electron chi connectivity index (χ1n) is 8.52. The maximum Gasteiger partial charge on any atom is 0.131 e. The lowest BCUT2D eigenvalue weighted by molar-refractivity contribution is 0.551. The first kappa shape index (κ1) is 16.4. The third-order valence-electron chi connectivity index (χ3n) is 4.60. The molecule has 0 saturated heterocycles. The first-order valence-corrected chi connectivity index (χ1v) is 8.52. The topological polar surface area (TPSA) is 37.8 Å². The Kier molecular flexibility index (Phi) is 5.74. The van der Waals surface area contributed by atoms with Crippen LogP contribution >= 0.6 is 0 Å². The molecular formula is C18H31N3. The Balaban J connectivity index is 2.00. The van der Waals surface area contributed by atoms with Crippen LogP contribution in [-0.4, -0.2) is 23.1 Å². The molecule has 2 atom stereocenters. The van der Waals surface area contributed by atoms with E-state index in [-0.39, 0.29) is 0 Å². The molecule has 1 aliphatic rings. The van der Waals surface area contributed by atoms with Crippen molar-refractivity contribution in [2.75, 3.05) is 13.1 Å². The van der Waals surface area contributed by atoms with Gasteiger partial charge in [-0.2, -0.15) is 0 Å². The smallest absolute Gasteiger partial charge is 0.131 e. The van der Waals surface area contributed by atoms with E-state index in [4.69, 9.17) is 9.97 Å². The van der Waals surface area contributed by atoms with E-state index in [1.165, 1.54) is 36.2 Å².